The van der Waals surface area contributed by atoms with Gasteiger partial charge in [0.15, 0.2) is 0 Å². The molecule has 2 amide bonds. The van der Waals surface area contributed by atoms with Gasteiger partial charge in [0.2, 0.25) is 5.95 Å². The van der Waals surface area contributed by atoms with Crippen molar-refractivity contribution in [3.8, 4) is 0 Å². The number of rotatable bonds is 6. The Morgan fingerprint density at radius 1 is 1.26 bits per heavy atom. The molecule has 1 atom stereocenters. The third-order valence-corrected chi connectivity index (χ3v) is 4.78. The minimum absolute atomic E-state index is 0.108. The maximum absolute atomic E-state index is 12.1. The normalized spacial score (nSPS) is 20.3. The third kappa shape index (κ3) is 5.53. The molecule has 2 N–H and O–H groups in total. The molecule has 0 bridgehead atoms. The number of amides is 2. The lowest BCUT2D eigenvalue weighted by Crippen LogP contribution is -2.42. The molecular weight excluding hydrogens is 350 g/mol. The minimum atomic E-state index is -0.259. The van der Waals surface area contributed by atoms with Crippen LogP contribution in [0.15, 0.2) is 12.4 Å². The summed E-state index contributed by atoms with van der Waals surface area (Å²) in [6.07, 6.45) is 6.51. The predicted octanol–water partition coefficient (Wildman–Crippen LogP) is 1.42. The number of nitrogens with zero attached hydrogens (tertiary/aromatic N) is 3. The summed E-state index contributed by atoms with van der Waals surface area (Å²) in [5, 5.41) is 6.12. The predicted molar refractivity (Wildman–Crippen MR) is 98.6 cm³/mol. The van der Waals surface area contributed by atoms with Gasteiger partial charge in [-0.05, 0) is 32.6 Å². The first-order chi connectivity index (χ1) is 13.2. The molecule has 9 heteroatoms. The van der Waals surface area contributed by atoms with Gasteiger partial charge in [-0.15, -0.1) is 0 Å². The Hall–Kier alpha value is -2.42. The van der Waals surface area contributed by atoms with Gasteiger partial charge in [0.05, 0.1) is 18.3 Å². The van der Waals surface area contributed by atoms with Crippen LogP contribution in [-0.2, 0) is 9.47 Å². The second kappa shape index (κ2) is 9.50. The van der Waals surface area contributed by atoms with Gasteiger partial charge in [-0.25, -0.2) is 14.8 Å². The topological polar surface area (TPSA) is 106 Å². The van der Waals surface area contributed by atoms with Gasteiger partial charge < -0.3 is 25.0 Å². The van der Waals surface area contributed by atoms with E-state index in [1.807, 2.05) is 0 Å². The zero-order chi connectivity index (χ0) is 19.1. The van der Waals surface area contributed by atoms with Crippen molar-refractivity contribution in [3.05, 3.63) is 18.0 Å². The summed E-state index contributed by atoms with van der Waals surface area (Å²) < 4.78 is 10.5. The number of aromatic nitrogens is 2. The van der Waals surface area contributed by atoms with Crippen LogP contribution < -0.4 is 10.6 Å². The lowest BCUT2D eigenvalue weighted by Gasteiger charge is -2.31. The molecule has 1 unspecified atom stereocenters. The Morgan fingerprint density at radius 2 is 2.00 bits per heavy atom. The summed E-state index contributed by atoms with van der Waals surface area (Å²) in [5.41, 5.74) is 0.427. The number of likely N-dealkylation sites (tertiary alicyclic amines) is 1. The molecule has 2 saturated heterocycles. The number of hydrogen-bond donors (Lipinski definition) is 2. The Morgan fingerprint density at radius 3 is 2.63 bits per heavy atom. The summed E-state index contributed by atoms with van der Waals surface area (Å²) in [5.74, 6) is 0.292. The van der Waals surface area contributed by atoms with Crippen LogP contribution in [0.25, 0.3) is 0 Å². The molecule has 9 nitrogen and oxygen atoms in total. The molecule has 1 aromatic rings. The Bertz CT molecular complexity index is 625. The SMILES string of the molecule is CCOC(=O)N1CCC(Nc2ncc(C(=O)NCC3CCCO3)cn2)CC1. The van der Waals surface area contributed by atoms with Crippen molar-refractivity contribution in [1.82, 2.24) is 20.2 Å². The first-order valence-corrected chi connectivity index (χ1v) is 9.55. The van der Waals surface area contributed by atoms with Gasteiger partial charge >= 0.3 is 6.09 Å². The summed E-state index contributed by atoms with van der Waals surface area (Å²) in [6, 6.07) is 0.190. The number of carbonyl (C=O) groups is 2. The Balaban J connectivity index is 1.42. The number of carbonyl (C=O) groups excluding carboxylic acids is 2. The summed E-state index contributed by atoms with van der Waals surface area (Å²) in [4.78, 5) is 34.0. The van der Waals surface area contributed by atoms with Gasteiger partial charge in [0.25, 0.3) is 5.91 Å². The van der Waals surface area contributed by atoms with Crippen molar-refractivity contribution < 1.29 is 19.1 Å². The molecular formula is C18H27N5O4. The molecule has 0 radical (unpaired) electrons. The highest BCUT2D eigenvalue weighted by atomic mass is 16.6. The van der Waals surface area contributed by atoms with E-state index in [1.54, 1.807) is 11.8 Å². The second-order valence-corrected chi connectivity index (χ2v) is 6.74. The first kappa shape index (κ1) is 19.3. The number of hydrogen-bond acceptors (Lipinski definition) is 7. The van der Waals surface area contributed by atoms with Crippen LogP contribution in [0, 0.1) is 0 Å². The Labute approximate surface area is 158 Å². The highest BCUT2D eigenvalue weighted by molar-refractivity contribution is 5.93. The highest BCUT2D eigenvalue weighted by Gasteiger charge is 2.24. The number of ether oxygens (including phenoxy) is 2. The van der Waals surface area contributed by atoms with Gasteiger partial charge in [-0.3, -0.25) is 4.79 Å². The quantitative estimate of drug-likeness (QED) is 0.772. The Kier molecular flexibility index (Phi) is 6.80. The molecule has 3 heterocycles. The fourth-order valence-electron chi connectivity index (χ4n) is 3.24. The van der Waals surface area contributed by atoms with Crippen molar-refractivity contribution >= 4 is 17.9 Å². The molecule has 0 aliphatic carbocycles. The first-order valence-electron chi connectivity index (χ1n) is 9.55. The van der Waals surface area contributed by atoms with E-state index in [2.05, 4.69) is 20.6 Å². The van der Waals surface area contributed by atoms with Crippen molar-refractivity contribution in [1.29, 1.82) is 0 Å². The van der Waals surface area contributed by atoms with Gasteiger partial charge in [0, 0.05) is 44.7 Å². The van der Waals surface area contributed by atoms with E-state index in [9.17, 15) is 9.59 Å². The lowest BCUT2D eigenvalue weighted by molar-refractivity contribution is 0.0857. The van der Waals surface area contributed by atoms with Gasteiger partial charge in [0.1, 0.15) is 0 Å². The van der Waals surface area contributed by atoms with E-state index in [0.29, 0.717) is 37.8 Å². The fourth-order valence-corrected chi connectivity index (χ4v) is 3.24. The van der Waals surface area contributed by atoms with Crippen LogP contribution in [0.4, 0.5) is 10.7 Å². The molecule has 27 heavy (non-hydrogen) atoms. The summed E-state index contributed by atoms with van der Waals surface area (Å²) in [6.45, 7) is 4.75. The average Bonchev–Trinajstić information content (AvgIpc) is 3.21. The van der Waals surface area contributed by atoms with Crippen molar-refractivity contribution in [2.45, 2.75) is 44.8 Å². The molecule has 1 aromatic heterocycles. The van der Waals surface area contributed by atoms with Crippen LogP contribution in [-0.4, -0.2) is 71.9 Å². The lowest BCUT2D eigenvalue weighted by atomic mass is 10.1. The molecule has 3 rings (SSSR count). The molecule has 2 aliphatic heterocycles. The number of piperidine rings is 1. The van der Waals surface area contributed by atoms with Crippen LogP contribution in [0.1, 0.15) is 43.0 Å². The molecule has 0 spiro atoms. The van der Waals surface area contributed by atoms with Gasteiger partial charge in [-0.1, -0.05) is 0 Å². The van der Waals surface area contributed by atoms with Crippen molar-refractivity contribution in [2.24, 2.45) is 0 Å². The molecule has 2 fully saturated rings. The van der Waals surface area contributed by atoms with E-state index >= 15 is 0 Å². The summed E-state index contributed by atoms with van der Waals surface area (Å²) in [7, 11) is 0. The number of nitrogens with one attached hydrogen (secondary N) is 2. The average molecular weight is 377 g/mol. The van der Waals surface area contributed by atoms with Crippen molar-refractivity contribution in [2.75, 3.05) is 38.2 Å². The maximum Gasteiger partial charge on any atom is 0.409 e. The monoisotopic (exact) mass is 377 g/mol. The van der Waals surface area contributed by atoms with E-state index < -0.39 is 0 Å². The zero-order valence-electron chi connectivity index (χ0n) is 15.6. The largest absolute Gasteiger partial charge is 0.450 e. The molecule has 0 aromatic carbocycles. The summed E-state index contributed by atoms with van der Waals surface area (Å²) >= 11 is 0. The maximum atomic E-state index is 12.1. The molecule has 0 saturated carbocycles. The molecule has 2 aliphatic rings. The highest BCUT2D eigenvalue weighted by Crippen LogP contribution is 2.15. The standard InChI is InChI=1S/C18H27N5O4/c1-2-26-18(25)23-7-5-14(6-8-23)22-17-20-10-13(11-21-17)16(24)19-12-15-4-3-9-27-15/h10-11,14-15H,2-9,12H2,1H3,(H,19,24)(H,20,21,22). The van der Waals surface area contributed by atoms with Crippen LogP contribution in [0.5, 0.6) is 0 Å². The van der Waals surface area contributed by atoms with Crippen molar-refractivity contribution in [3.63, 3.8) is 0 Å². The van der Waals surface area contributed by atoms with Crippen LogP contribution in [0.2, 0.25) is 0 Å². The van der Waals surface area contributed by atoms with Gasteiger partial charge in [-0.2, -0.15) is 0 Å². The second-order valence-electron chi connectivity index (χ2n) is 6.74. The smallest absolute Gasteiger partial charge is 0.409 e. The van der Waals surface area contributed by atoms with Crippen LogP contribution in [0.3, 0.4) is 0 Å². The fraction of sp³-hybridized carbons (Fsp3) is 0.667. The van der Waals surface area contributed by atoms with E-state index in [4.69, 9.17) is 9.47 Å². The number of anilines is 1. The third-order valence-electron chi connectivity index (χ3n) is 4.78. The minimum Gasteiger partial charge on any atom is -0.450 e. The van der Waals surface area contributed by atoms with E-state index in [0.717, 1.165) is 32.3 Å². The zero-order valence-corrected chi connectivity index (χ0v) is 15.6. The van der Waals surface area contributed by atoms with E-state index in [1.165, 1.54) is 12.4 Å². The van der Waals surface area contributed by atoms with Crippen LogP contribution >= 0.6 is 0 Å². The van der Waals surface area contributed by atoms with E-state index in [-0.39, 0.29) is 24.1 Å². The molecule has 148 valence electrons.